The fourth-order valence-electron chi connectivity index (χ4n) is 3.13. The number of hydrogen-bond donors (Lipinski definition) is 1. The predicted molar refractivity (Wildman–Crippen MR) is 107 cm³/mol. The summed E-state index contributed by atoms with van der Waals surface area (Å²) in [7, 11) is 0. The highest BCUT2D eigenvalue weighted by Gasteiger charge is 2.18. The Morgan fingerprint density at radius 2 is 1.65 bits per heavy atom. The molecule has 134 valence electrons. The molecule has 0 aliphatic carbocycles. The van der Waals surface area contributed by atoms with Gasteiger partial charge >= 0.3 is 0 Å². The minimum absolute atomic E-state index is 0.0648. The van der Waals surface area contributed by atoms with Crippen LogP contribution in [0.3, 0.4) is 0 Å². The highest BCUT2D eigenvalue weighted by atomic mass is 16.5. The lowest BCUT2D eigenvalue weighted by molar-refractivity contribution is -0.127. The first-order chi connectivity index (χ1) is 12.4. The van der Waals surface area contributed by atoms with E-state index in [9.17, 15) is 4.79 Å². The molecule has 3 nitrogen and oxygen atoms in total. The van der Waals surface area contributed by atoms with Gasteiger partial charge in [0.15, 0.2) is 6.10 Å². The Balaban J connectivity index is 1.67. The van der Waals surface area contributed by atoms with E-state index in [2.05, 4.69) is 43.4 Å². The SMILES string of the molecule is Cc1ccc(C)c([C@@H](C)NC(=O)[C@H](C)Oc2ccc3ccccc3c2)c1. The molecule has 0 radical (unpaired) electrons. The van der Waals surface area contributed by atoms with Crippen LogP contribution in [0.2, 0.25) is 0 Å². The van der Waals surface area contributed by atoms with Gasteiger partial charge in [-0.05, 0) is 61.7 Å². The number of ether oxygens (including phenoxy) is 1. The average molecular weight is 347 g/mol. The highest BCUT2D eigenvalue weighted by Crippen LogP contribution is 2.22. The van der Waals surface area contributed by atoms with Crippen molar-refractivity contribution in [3.8, 4) is 5.75 Å². The van der Waals surface area contributed by atoms with Crippen LogP contribution < -0.4 is 10.1 Å². The number of benzene rings is 3. The van der Waals surface area contributed by atoms with Crippen molar-refractivity contribution in [2.75, 3.05) is 0 Å². The number of carbonyl (C=O) groups is 1. The molecule has 26 heavy (non-hydrogen) atoms. The van der Waals surface area contributed by atoms with Crippen LogP contribution in [-0.2, 0) is 4.79 Å². The summed E-state index contributed by atoms with van der Waals surface area (Å²) < 4.78 is 5.86. The zero-order valence-electron chi connectivity index (χ0n) is 15.7. The van der Waals surface area contributed by atoms with E-state index in [1.54, 1.807) is 6.92 Å². The molecule has 3 heteroatoms. The van der Waals surface area contributed by atoms with Crippen molar-refractivity contribution in [2.24, 2.45) is 0 Å². The van der Waals surface area contributed by atoms with Gasteiger partial charge in [-0.3, -0.25) is 4.79 Å². The molecule has 0 aliphatic rings. The third-order valence-corrected chi connectivity index (χ3v) is 4.66. The fourth-order valence-corrected chi connectivity index (χ4v) is 3.13. The Morgan fingerprint density at radius 1 is 0.923 bits per heavy atom. The predicted octanol–water partition coefficient (Wildman–Crippen LogP) is 5.10. The van der Waals surface area contributed by atoms with Gasteiger partial charge in [0.05, 0.1) is 6.04 Å². The standard InChI is InChI=1S/C23H25NO2/c1-15-9-10-16(2)22(13-15)17(3)24-23(25)18(4)26-21-12-11-19-7-5-6-8-20(19)14-21/h5-14,17-18H,1-4H3,(H,24,25)/t17-,18+/m1/s1. The first-order valence-electron chi connectivity index (χ1n) is 8.97. The molecule has 0 aromatic heterocycles. The van der Waals surface area contributed by atoms with Crippen molar-refractivity contribution in [3.05, 3.63) is 77.4 Å². The number of aryl methyl sites for hydroxylation is 2. The second-order valence-electron chi connectivity index (χ2n) is 6.86. The molecule has 0 heterocycles. The van der Waals surface area contributed by atoms with E-state index in [4.69, 9.17) is 4.74 Å². The Labute approximate surface area is 155 Å². The van der Waals surface area contributed by atoms with Crippen molar-refractivity contribution < 1.29 is 9.53 Å². The maximum Gasteiger partial charge on any atom is 0.261 e. The summed E-state index contributed by atoms with van der Waals surface area (Å²) in [6.07, 6.45) is -0.566. The number of hydrogen-bond acceptors (Lipinski definition) is 2. The summed E-state index contributed by atoms with van der Waals surface area (Å²) in [5.74, 6) is 0.581. The van der Waals surface area contributed by atoms with Crippen molar-refractivity contribution >= 4 is 16.7 Å². The van der Waals surface area contributed by atoms with E-state index in [0.29, 0.717) is 5.75 Å². The van der Waals surface area contributed by atoms with E-state index in [1.807, 2.05) is 43.3 Å². The summed E-state index contributed by atoms with van der Waals surface area (Å²) in [4.78, 5) is 12.6. The highest BCUT2D eigenvalue weighted by molar-refractivity contribution is 5.84. The van der Waals surface area contributed by atoms with Crippen LogP contribution in [0.4, 0.5) is 0 Å². The van der Waals surface area contributed by atoms with Gasteiger partial charge < -0.3 is 10.1 Å². The molecule has 0 bridgehead atoms. The molecule has 0 unspecified atom stereocenters. The zero-order valence-corrected chi connectivity index (χ0v) is 15.7. The van der Waals surface area contributed by atoms with E-state index >= 15 is 0 Å². The lowest BCUT2D eigenvalue weighted by Gasteiger charge is -2.21. The van der Waals surface area contributed by atoms with E-state index in [-0.39, 0.29) is 11.9 Å². The molecule has 0 saturated heterocycles. The van der Waals surface area contributed by atoms with Crippen LogP contribution in [0.5, 0.6) is 5.75 Å². The summed E-state index contributed by atoms with van der Waals surface area (Å²) in [5, 5.41) is 5.31. The Bertz CT molecular complexity index is 932. The molecule has 3 aromatic rings. The minimum atomic E-state index is -0.566. The maximum absolute atomic E-state index is 12.6. The molecule has 1 amide bonds. The molecule has 0 aliphatic heterocycles. The molecule has 2 atom stereocenters. The maximum atomic E-state index is 12.6. The third-order valence-electron chi connectivity index (χ3n) is 4.66. The van der Waals surface area contributed by atoms with Gasteiger partial charge in [-0.25, -0.2) is 0 Å². The molecule has 3 aromatic carbocycles. The molecule has 1 N–H and O–H groups in total. The fraction of sp³-hybridized carbons (Fsp3) is 0.261. The van der Waals surface area contributed by atoms with Crippen LogP contribution in [0, 0.1) is 13.8 Å². The quantitative estimate of drug-likeness (QED) is 0.697. The molecule has 0 fully saturated rings. The monoisotopic (exact) mass is 347 g/mol. The third kappa shape index (κ3) is 4.05. The minimum Gasteiger partial charge on any atom is -0.481 e. The molecule has 0 saturated carbocycles. The van der Waals surface area contributed by atoms with Crippen LogP contribution >= 0.6 is 0 Å². The van der Waals surface area contributed by atoms with Gasteiger partial charge in [-0.15, -0.1) is 0 Å². The van der Waals surface area contributed by atoms with Crippen LogP contribution in [-0.4, -0.2) is 12.0 Å². The lowest BCUT2D eigenvalue weighted by atomic mass is 10.00. The van der Waals surface area contributed by atoms with Crippen molar-refractivity contribution in [1.82, 2.24) is 5.32 Å². The Hall–Kier alpha value is -2.81. The van der Waals surface area contributed by atoms with Crippen molar-refractivity contribution in [1.29, 1.82) is 0 Å². The summed E-state index contributed by atoms with van der Waals surface area (Å²) in [6, 6.07) is 20.2. The smallest absolute Gasteiger partial charge is 0.261 e. The number of nitrogens with one attached hydrogen (secondary N) is 1. The molecular formula is C23H25NO2. The Kier molecular flexibility index (Phi) is 5.27. The summed E-state index contributed by atoms with van der Waals surface area (Å²) in [5.41, 5.74) is 3.50. The van der Waals surface area contributed by atoms with Crippen molar-refractivity contribution in [2.45, 2.75) is 39.8 Å². The number of carbonyl (C=O) groups excluding carboxylic acids is 1. The second kappa shape index (κ2) is 7.61. The van der Waals surface area contributed by atoms with Crippen LogP contribution in [0.15, 0.2) is 60.7 Å². The largest absolute Gasteiger partial charge is 0.481 e. The van der Waals surface area contributed by atoms with Crippen LogP contribution in [0.25, 0.3) is 10.8 Å². The summed E-state index contributed by atoms with van der Waals surface area (Å²) in [6.45, 7) is 7.90. The van der Waals surface area contributed by atoms with Gasteiger partial charge in [-0.1, -0.05) is 54.1 Å². The van der Waals surface area contributed by atoms with Crippen molar-refractivity contribution in [3.63, 3.8) is 0 Å². The van der Waals surface area contributed by atoms with E-state index in [0.717, 1.165) is 16.3 Å². The molecular weight excluding hydrogens is 322 g/mol. The first kappa shape index (κ1) is 18.0. The van der Waals surface area contributed by atoms with Gasteiger partial charge in [0, 0.05) is 0 Å². The number of amides is 1. The normalized spacial score (nSPS) is 13.2. The van der Waals surface area contributed by atoms with Gasteiger partial charge in [0.2, 0.25) is 0 Å². The zero-order chi connectivity index (χ0) is 18.7. The topological polar surface area (TPSA) is 38.3 Å². The summed E-state index contributed by atoms with van der Waals surface area (Å²) >= 11 is 0. The van der Waals surface area contributed by atoms with Gasteiger partial charge in [0.1, 0.15) is 5.75 Å². The molecule has 3 rings (SSSR count). The van der Waals surface area contributed by atoms with E-state index in [1.165, 1.54) is 11.1 Å². The van der Waals surface area contributed by atoms with Crippen LogP contribution in [0.1, 0.15) is 36.6 Å². The molecule has 0 spiro atoms. The van der Waals surface area contributed by atoms with E-state index < -0.39 is 6.10 Å². The lowest BCUT2D eigenvalue weighted by Crippen LogP contribution is -2.38. The number of fused-ring (bicyclic) bond motifs is 1. The van der Waals surface area contributed by atoms with Gasteiger partial charge in [0.25, 0.3) is 5.91 Å². The first-order valence-corrected chi connectivity index (χ1v) is 8.97. The second-order valence-corrected chi connectivity index (χ2v) is 6.86. The Morgan fingerprint density at radius 3 is 2.42 bits per heavy atom. The number of rotatable bonds is 5. The van der Waals surface area contributed by atoms with Gasteiger partial charge in [-0.2, -0.15) is 0 Å². The average Bonchev–Trinajstić information content (AvgIpc) is 2.63.